The maximum Gasteiger partial charge on any atom is 0.166 e. The molecule has 4 nitrogen and oxygen atoms in total. The lowest BCUT2D eigenvalue weighted by Gasteiger charge is -2.07. The van der Waals surface area contributed by atoms with Crippen LogP contribution in [0, 0.1) is 0 Å². The summed E-state index contributed by atoms with van der Waals surface area (Å²) in [4.78, 5) is 0. The van der Waals surface area contributed by atoms with Crippen LogP contribution in [-0.4, -0.2) is 18.8 Å². The van der Waals surface area contributed by atoms with Crippen molar-refractivity contribution >= 4 is 0 Å². The first-order valence-corrected chi connectivity index (χ1v) is 4.01. The zero-order valence-corrected chi connectivity index (χ0v) is 7.28. The molecule has 1 aliphatic rings. The van der Waals surface area contributed by atoms with Crippen LogP contribution in [-0.2, 0) is 0 Å². The molecule has 4 heteroatoms. The topological polar surface area (TPSA) is 64.7 Å². The Labute approximate surface area is 75.9 Å². The Morgan fingerprint density at radius 3 is 3.08 bits per heavy atom. The van der Waals surface area contributed by atoms with Crippen molar-refractivity contribution in [2.45, 2.75) is 6.04 Å². The van der Waals surface area contributed by atoms with Crippen molar-refractivity contribution in [1.29, 1.82) is 0 Å². The standard InChI is InChI=1S/C9H11NO3/c1-12-8-3-5(11)2-6-7(10)4-13-9(6)8/h2-3,7,11H,4,10H2,1H3. The normalized spacial score (nSPS) is 19.4. The van der Waals surface area contributed by atoms with Crippen molar-refractivity contribution in [3.8, 4) is 17.2 Å². The molecule has 0 saturated heterocycles. The van der Waals surface area contributed by atoms with Crippen LogP contribution in [0.3, 0.4) is 0 Å². The third-order valence-electron chi connectivity index (χ3n) is 2.09. The van der Waals surface area contributed by atoms with E-state index < -0.39 is 0 Å². The van der Waals surface area contributed by atoms with E-state index >= 15 is 0 Å². The van der Waals surface area contributed by atoms with E-state index in [0.717, 1.165) is 5.56 Å². The maximum absolute atomic E-state index is 9.34. The number of hydrogen-bond donors (Lipinski definition) is 2. The number of methoxy groups -OCH3 is 1. The van der Waals surface area contributed by atoms with Gasteiger partial charge in [-0.1, -0.05) is 0 Å². The number of rotatable bonds is 1. The van der Waals surface area contributed by atoms with Crippen molar-refractivity contribution < 1.29 is 14.6 Å². The average molecular weight is 181 g/mol. The monoisotopic (exact) mass is 181 g/mol. The molecule has 0 saturated carbocycles. The molecule has 0 aliphatic carbocycles. The molecule has 1 atom stereocenters. The van der Waals surface area contributed by atoms with Gasteiger partial charge in [0.2, 0.25) is 0 Å². The Morgan fingerprint density at radius 1 is 1.62 bits per heavy atom. The molecule has 1 aliphatic heterocycles. The number of aromatic hydroxyl groups is 1. The summed E-state index contributed by atoms with van der Waals surface area (Å²) < 4.78 is 10.4. The van der Waals surface area contributed by atoms with Gasteiger partial charge in [-0.2, -0.15) is 0 Å². The van der Waals surface area contributed by atoms with Crippen LogP contribution in [0.15, 0.2) is 12.1 Å². The molecule has 1 aromatic carbocycles. The van der Waals surface area contributed by atoms with Crippen molar-refractivity contribution in [2.24, 2.45) is 5.73 Å². The Hall–Kier alpha value is -1.42. The largest absolute Gasteiger partial charge is 0.508 e. The van der Waals surface area contributed by atoms with Crippen LogP contribution in [0.25, 0.3) is 0 Å². The number of phenolic OH excluding ortho intramolecular Hbond substituents is 1. The second-order valence-electron chi connectivity index (χ2n) is 2.98. The van der Waals surface area contributed by atoms with E-state index in [4.69, 9.17) is 15.2 Å². The van der Waals surface area contributed by atoms with Gasteiger partial charge in [-0.05, 0) is 6.07 Å². The molecule has 1 heterocycles. The number of hydrogen-bond acceptors (Lipinski definition) is 4. The molecule has 2 rings (SSSR count). The minimum Gasteiger partial charge on any atom is -0.508 e. The quantitative estimate of drug-likeness (QED) is 0.672. The first-order valence-electron chi connectivity index (χ1n) is 4.01. The Bertz CT molecular complexity index is 338. The van der Waals surface area contributed by atoms with Crippen molar-refractivity contribution in [3.63, 3.8) is 0 Å². The van der Waals surface area contributed by atoms with Crippen LogP contribution < -0.4 is 15.2 Å². The van der Waals surface area contributed by atoms with E-state index in [1.54, 1.807) is 6.07 Å². The van der Waals surface area contributed by atoms with Crippen LogP contribution >= 0.6 is 0 Å². The van der Waals surface area contributed by atoms with E-state index in [2.05, 4.69) is 0 Å². The average Bonchev–Trinajstić information content (AvgIpc) is 2.47. The molecule has 70 valence electrons. The summed E-state index contributed by atoms with van der Waals surface area (Å²) in [7, 11) is 1.53. The second kappa shape index (κ2) is 2.81. The number of ether oxygens (including phenoxy) is 2. The first-order chi connectivity index (χ1) is 6.22. The highest BCUT2D eigenvalue weighted by atomic mass is 16.5. The molecule has 0 radical (unpaired) electrons. The molecule has 13 heavy (non-hydrogen) atoms. The van der Waals surface area contributed by atoms with E-state index in [1.807, 2.05) is 0 Å². The number of phenols is 1. The van der Waals surface area contributed by atoms with Gasteiger partial charge in [0.1, 0.15) is 12.4 Å². The Morgan fingerprint density at radius 2 is 2.38 bits per heavy atom. The second-order valence-corrected chi connectivity index (χ2v) is 2.98. The maximum atomic E-state index is 9.34. The zero-order chi connectivity index (χ0) is 9.42. The fourth-order valence-corrected chi connectivity index (χ4v) is 1.45. The fraction of sp³-hybridized carbons (Fsp3) is 0.333. The number of nitrogens with two attached hydrogens (primary N) is 1. The zero-order valence-electron chi connectivity index (χ0n) is 7.28. The Balaban J connectivity index is 2.56. The molecule has 0 fully saturated rings. The summed E-state index contributed by atoms with van der Waals surface area (Å²) in [6.07, 6.45) is 0. The van der Waals surface area contributed by atoms with Gasteiger partial charge < -0.3 is 20.3 Å². The van der Waals surface area contributed by atoms with E-state index in [0.29, 0.717) is 18.1 Å². The first kappa shape index (κ1) is 8.19. The van der Waals surface area contributed by atoms with Crippen LogP contribution in [0.2, 0.25) is 0 Å². The summed E-state index contributed by atoms with van der Waals surface area (Å²) in [6, 6.07) is 2.95. The SMILES string of the molecule is COc1cc(O)cc2c1OCC2N. The minimum absolute atomic E-state index is 0.150. The van der Waals surface area contributed by atoms with E-state index in [9.17, 15) is 5.11 Å². The number of fused-ring (bicyclic) bond motifs is 1. The van der Waals surface area contributed by atoms with Crippen LogP contribution in [0.1, 0.15) is 11.6 Å². The van der Waals surface area contributed by atoms with Gasteiger partial charge in [0.05, 0.1) is 13.2 Å². The summed E-state index contributed by atoms with van der Waals surface area (Å²) in [5.41, 5.74) is 6.55. The summed E-state index contributed by atoms with van der Waals surface area (Å²) in [6.45, 7) is 0.440. The molecule has 1 unspecified atom stereocenters. The highest BCUT2D eigenvalue weighted by molar-refractivity contribution is 5.54. The molecular weight excluding hydrogens is 170 g/mol. The highest BCUT2D eigenvalue weighted by Gasteiger charge is 2.25. The smallest absolute Gasteiger partial charge is 0.166 e. The summed E-state index contributed by atoms with van der Waals surface area (Å²) >= 11 is 0. The summed E-state index contributed by atoms with van der Waals surface area (Å²) in [5, 5.41) is 9.34. The lowest BCUT2D eigenvalue weighted by Crippen LogP contribution is -2.10. The van der Waals surface area contributed by atoms with Crippen molar-refractivity contribution in [3.05, 3.63) is 17.7 Å². The molecule has 0 amide bonds. The third kappa shape index (κ3) is 1.19. The van der Waals surface area contributed by atoms with E-state index in [-0.39, 0.29) is 11.8 Å². The number of benzene rings is 1. The van der Waals surface area contributed by atoms with Gasteiger partial charge in [-0.15, -0.1) is 0 Å². The van der Waals surface area contributed by atoms with Gasteiger partial charge in [-0.3, -0.25) is 0 Å². The molecule has 1 aromatic rings. The van der Waals surface area contributed by atoms with Gasteiger partial charge in [0, 0.05) is 11.6 Å². The molecule has 0 spiro atoms. The third-order valence-corrected chi connectivity index (χ3v) is 2.09. The molecule has 3 N–H and O–H groups in total. The van der Waals surface area contributed by atoms with Gasteiger partial charge in [0.15, 0.2) is 11.5 Å². The van der Waals surface area contributed by atoms with Crippen LogP contribution in [0.4, 0.5) is 0 Å². The Kier molecular flexibility index (Phi) is 1.77. The molecule has 0 bridgehead atoms. The van der Waals surface area contributed by atoms with Gasteiger partial charge >= 0.3 is 0 Å². The lowest BCUT2D eigenvalue weighted by molar-refractivity contribution is 0.310. The lowest BCUT2D eigenvalue weighted by atomic mass is 10.1. The van der Waals surface area contributed by atoms with Gasteiger partial charge in [-0.25, -0.2) is 0 Å². The predicted octanol–water partition coefficient (Wildman–Crippen LogP) is 0.793. The molecule has 0 aromatic heterocycles. The predicted molar refractivity (Wildman–Crippen MR) is 47.1 cm³/mol. The summed E-state index contributed by atoms with van der Waals surface area (Å²) in [5.74, 6) is 1.33. The van der Waals surface area contributed by atoms with Crippen molar-refractivity contribution in [2.75, 3.05) is 13.7 Å². The minimum atomic E-state index is -0.170. The molecular formula is C9H11NO3. The highest BCUT2D eigenvalue weighted by Crippen LogP contribution is 2.41. The van der Waals surface area contributed by atoms with Crippen molar-refractivity contribution in [1.82, 2.24) is 0 Å². The van der Waals surface area contributed by atoms with E-state index in [1.165, 1.54) is 13.2 Å². The van der Waals surface area contributed by atoms with Crippen LogP contribution in [0.5, 0.6) is 17.2 Å². The fourth-order valence-electron chi connectivity index (χ4n) is 1.45. The van der Waals surface area contributed by atoms with Gasteiger partial charge in [0.25, 0.3) is 0 Å².